The number of benzene rings is 2. The molecule has 0 aliphatic heterocycles. The molecule has 0 saturated heterocycles. The Bertz CT molecular complexity index is 1640. The van der Waals surface area contributed by atoms with Gasteiger partial charge in [-0.2, -0.15) is 23.5 Å². The van der Waals surface area contributed by atoms with E-state index < -0.39 is 23.3 Å². The van der Waals surface area contributed by atoms with Crippen LogP contribution in [-0.4, -0.2) is 30.6 Å². The van der Waals surface area contributed by atoms with Crippen LogP contribution in [0.5, 0.6) is 11.8 Å². The van der Waals surface area contributed by atoms with Crippen molar-refractivity contribution in [3.05, 3.63) is 108 Å². The van der Waals surface area contributed by atoms with Crippen LogP contribution >= 0.6 is 0 Å². The van der Waals surface area contributed by atoms with E-state index >= 15 is 0 Å². The number of halogens is 3. The molecule has 12 heteroatoms. The molecule has 5 aromatic rings. The Morgan fingerprint density at radius 3 is 2.26 bits per heavy atom. The van der Waals surface area contributed by atoms with Crippen molar-refractivity contribution >= 4 is 11.6 Å². The van der Waals surface area contributed by atoms with E-state index in [1.165, 1.54) is 12.3 Å². The van der Waals surface area contributed by atoms with Crippen molar-refractivity contribution in [3.8, 4) is 34.8 Å². The lowest BCUT2D eigenvalue weighted by Gasteiger charge is -2.08. The van der Waals surface area contributed by atoms with Crippen molar-refractivity contribution in [1.29, 1.82) is 5.26 Å². The minimum absolute atomic E-state index is 0.110. The van der Waals surface area contributed by atoms with Crippen LogP contribution in [0.4, 0.5) is 18.9 Å². The summed E-state index contributed by atoms with van der Waals surface area (Å²) in [5.41, 5.74) is 0.182. The molecule has 0 bridgehead atoms. The number of aromatic nitrogens is 5. The van der Waals surface area contributed by atoms with Crippen molar-refractivity contribution in [2.24, 2.45) is 0 Å². The third-order valence-corrected chi connectivity index (χ3v) is 5.41. The molecule has 0 aliphatic rings. The van der Waals surface area contributed by atoms with Gasteiger partial charge in [0.05, 0.1) is 17.2 Å². The van der Waals surface area contributed by atoms with E-state index in [2.05, 4.69) is 25.4 Å². The smallest absolute Gasteiger partial charge is 0.424 e. The van der Waals surface area contributed by atoms with Crippen molar-refractivity contribution in [2.45, 2.75) is 6.18 Å². The molecule has 0 fully saturated rings. The fourth-order valence-corrected chi connectivity index (χ4v) is 3.52. The third-order valence-electron chi connectivity index (χ3n) is 5.41. The van der Waals surface area contributed by atoms with Crippen LogP contribution in [0.3, 0.4) is 0 Å². The van der Waals surface area contributed by atoms with Crippen LogP contribution in [0.1, 0.15) is 21.6 Å². The highest BCUT2D eigenvalue weighted by molar-refractivity contribution is 6.05. The van der Waals surface area contributed by atoms with Gasteiger partial charge in [0, 0.05) is 36.0 Å². The van der Waals surface area contributed by atoms with Gasteiger partial charge in [0.25, 0.3) is 5.91 Å². The molecule has 1 N–H and O–H groups in total. The summed E-state index contributed by atoms with van der Waals surface area (Å²) in [6, 6.07) is 19.7. The first kappa shape index (κ1) is 25.1. The molecular formula is C27H16F3N7O2. The zero-order valence-electron chi connectivity index (χ0n) is 19.8. The molecule has 0 atom stereocenters. The summed E-state index contributed by atoms with van der Waals surface area (Å²) in [6.07, 6.45) is 0.648. The number of hydrogen-bond donors (Lipinski definition) is 1. The van der Waals surface area contributed by atoms with Crippen molar-refractivity contribution in [3.63, 3.8) is 0 Å². The van der Waals surface area contributed by atoms with Gasteiger partial charge in [0.15, 0.2) is 11.5 Å². The van der Waals surface area contributed by atoms with Crippen LogP contribution in [0.25, 0.3) is 16.9 Å². The highest BCUT2D eigenvalue weighted by Crippen LogP contribution is 2.32. The Labute approximate surface area is 219 Å². The number of nitrogens with one attached hydrogen (secondary N) is 1. The van der Waals surface area contributed by atoms with E-state index in [0.717, 1.165) is 10.9 Å². The van der Waals surface area contributed by atoms with E-state index in [1.807, 2.05) is 6.07 Å². The minimum Gasteiger partial charge on any atom is -0.424 e. The summed E-state index contributed by atoms with van der Waals surface area (Å²) in [5.74, 6) is -0.354. The summed E-state index contributed by atoms with van der Waals surface area (Å²) in [6.45, 7) is 0. The van der Waals surface area contributed by atoms with Crippen molar-refractivity contribution in [2.75, 3.05) is 5.32 Å². The average molecular weight is 527 g/mol. The summed E-state index contributed by atoms with van der Waals surface area (Å²) >= 11 is 0. The molecule has 0 spiro atoms. The number of pyridine rings is 1. The molecule has 3 heterocycles. The number of carbonyl (C=O) groups excluding carboxylic acids is 1. The number of carbonyl (C=O) groups is 1. The Kier molecular flexibility index (Phi) is 6.71. The molecule has 5 rings (SSSR count). The van der Waals surface area contributed by atoms with Gasteiger partial charge in [0.1, 0.15) is 5.75 Å². The van der Waals surface area contributed by atoms with E-state index in [4.69, 9.17) is 10.00 Å². The number of nitriles is 1. The molecule has 2 aromatic carbocycles. The number of ether oxygens (including phenoxy) is 1. The highest BCUT2D eigenvalue weighted by Gasteiger charge is 2.39. The lowest BCUT2D eigenvalue weighted by Crippen LogP contribution is -2.17. The summed E-state index contributed by atoms with van der Waals surface area (Å²) < 4.78 is 47.2. The Balaban J connectivity index is 1.29. The number of hydrogen-bond acceptors (Lipinski definition) is 7. The van der Waals surface area contributed by atoms with Gasteiger partial charge in [-0.25, -0.2) is 19.6 Å². The number of amides is 1. The van der Waals surface area contributed by atoms with Crippen molar-refractivity contribution < 1.29 is 22.7 Å². The summed E-state index contributed by atoms with van der Waals surface area (Å²) in [7, 11) is 0. The van der Waals surface area contributed by atoms with Gasteiger partial charge in [-0.1, -0.05) is 18.2 Å². The summed E-state index contributed by atoms with van der Waals surface area (Å²) in [5, 5.41) is 14.9. The van der Waals surface area contributed by atoms with Crippen LogP contribution < -0.4 is 10.1 Å². The predicted molar refractivity (Wildman–Crippen MR) is 133 cm³/mol. The van der Waals surface area contributed by atoms with Gasteiger partial charge < -0.3 is 10.1 Å². The SMILES string of the molecule is N#Cc1ccc(Oc2ncc(-c3ccc(NC(=O)c4cn(-c5ccccn5)nc4C(F)(F)F)cc3)cn2)cc1. The largest absolute Gasteiger partial charge is 0.435 e. The van der Waals surface area contributed by atoms with Gasteiger partial charge in [0.2, 0.25) is 0 Å². The molecule has 192 valence electrons. The molecular weight excluding hydrogens is 511 g/mol. The molecule has 0 radical (unpaired) electrons. The predicted octanol–water partition coefficient (Wildman–Crippen LogP) is 5.66. The van der Waals surface area contributed by atoms with E-state index in [0.29, 0.717) is 22.4 Å². The van der Waals surface area contributed by atoms with E-state index in [1.54, 1.807) is 73.1 Å². The Hall–Kier alpha value is -5.57. The maximum Gasteiger partial charge on any atom is 0.435 e. The van der Waals surface area contributed by atoms with Crippen LogP contribution in [0, 0.1) is 11.3 Å². The van der Waals surface area contributed by atoms with E-state index in [-0.39, 0.29) is 17.5 Å². The highest BCUT2D eigenvalue weighted by atomic mass is 19.4. The Morgan fingerprint density at radius 1 is 0.923 bits per heavy atom. The third kappa shape index (κ3) is 5.72. The molecule has 39 heavy (non-hydrogen) atoms. The first-order valence-electron chi connectivity index (χ1n) is 11.3. The summed E-state index contributed by atoms with van der Waals surface area (Å²) in [4.78, 5) is 25.1. The number of nitrogens with zero attached hydrogens (tertiary/aromatic N) is 6. The number of anilines is 1. The molecule has 1 amide bonds. The zero-order valence-corrected chi connectivity index (χ0v) is 19.8. The first-order valence-corrected chi connectivity index (χ1v) is 11.3. The van der Waals surface area contributed by atoms with Gasteiger partial charge >= 0.3 is 12.2 Å². The zero-order chi connectivity index (χ0) is 27.4. The fraction of sp³-hybridized carbons (Fsp3) is 0.0370. The van der Waals surface area contributed by atoms with Crippen molar-refractivity contribution in [1.82, 2.24) is 24.7 Å². The molecule has 9 nitrogen and oxygen atoms in total. The Morgan fingerprint density at radius 2 is 1.64 bits per heavy atom. The second kappa shape index (κ2) is 10.4. The number of alkyl halides is 3. The second-order valence-corrected chi connectivity index (χ2v) is 8.05. The normalized spacial score (nSPS) is 11.0. The second-order valence-electron chi connectivity index (χ2n) is 8.05. The van der Waals surface area contributed by atoms with E-state index in [9.17, 15) is 18.0 Å². The van der Waals surface area contributed by atoms with Crippen LogP contribution in [-0.2, 0) is 6.18 Å². The monoisotopic (exact) mass is 527 g/mol. The molecule has 0 saturated carbocycles. The maximum absolute atomic E-state index is 13.6. The molecule has 0 aliphatic carbocycles. The van der Waals surface area contributed by atoms with Gasteiger partial charge in [-0.3, -0.25) is 4.79 Å². The number of rotatable bonds is 6. The quantitative estimate of drug-likeness (QED) is 0.303. The van der Waals surface area contributed by atoms with Crippen LogP contribution in [0.15, 0.2) is 91.5 Å². The topological polar surface area (TPSA) is 119 Å². The average Bonchev–Trinajstić information content (AvgIpc) is 3.42. The molecule has 3 aromatic heterocycles. The standard InChI is InChI=1S/C27H16F3N7O2/c28-27(29,30)24-22(16-37(36-24)23-3-1-2-12-32-23)25(38)35-20-8-6-18(7-9-20)19-14-33-26(34-15-19)39-21-10-4-17(13-31)5-11-21/h1-12,14-16H,(H,35,38). The minimum atomic E-state index is -4.84. The first-order chi connectivity index (χ1) is 18.8. The molecule has 0 unspecified atom stereocenters. The fourth-order valence-electron chi connectivity index (χ4n) is 3.52. The maximum atomic E-state index is 13.6. The van der Waals surface area contributed by atoms with Gasteiger partial charge in [-0.15, -0.1) is 0 Å². The van der Waals surface area contributed by atoms with Gasteiger partial charge in [-0.05, 0) is 54.1 Å². The van der Waals surface area contributed by atoms with Crippen LogP contribution in [0.2, 0.25) is 0 Å². The lowest BCUT2D eigenvalue weighted by atomic mass is 10.1. The lowest BCUT2D eigenvalue weighted by molar-refractivity contribution is -0.141.